The fourth-order valence-electron chi connectivity index (χ4n) is 3.63. The van der Waals surface area contributed by atoms with Crippen molar-refractivity contribution in [2.75, 3.05) is 39.8 Å². The van der Waals surface area contributed by atoms with Crippen molar-refractivity contribution in [1.82, 2.24) is 19.4 Å². The summed E-state index contributed by atoms with van der Waals surface area (Å²) in [5.74, 6) is 0.554. The van der Waals surface area contributed by atoms with Gasteiger partial charge in [-0.2, -0.15) is 4.98 Å². The highest BCUT2D eigenvalue weighted by atomic mass is 16.3. The molecule has 3 heterocycles. The lowest BCUT2D eigenvalue weighted by Gasteiger charge is -2.37. The molecule has 7 heteroatoms. The zero-order valence-corrected chi connectivity index (χ0v) is 15.4. The van der Waals surface area contributed by atoms with Gasteiger partial charge in [-0.15, -0.1) is 0 Å². The molecule has 3 aromatic rings. The summed E-state index contributed by atoms with van der Waals surface area (Å²) in [7, 11) is 2.09. The van der Waals surface area contributed by atoms with Crippen molar-refractivity contribution in [3.63, 3.8) is 0 Å². The SMILES string of the molecule is CN1CCN(C(CO)c2nc3occc3c(=O)n2Cc2ccccc2)CC1. The summed E-state index contributed by atoms with van der Waals surface area (Å²) in [6, 6.07) is 11.1. The molecule has 1 aliphatic heterocycles. The molecule has 0 aliphatic carbocycles. The minimum atomic E-state index is -0.343. The van der Waals surface area contributed by atoms with Crippen molar-refractivity contribution < 1.29 is 9.52 Å². The van der Waals surface area contributed by atoms with E-state index in [4.69, 9.17) is 4.42 Å². The quantitative estimate of drug-likeness (QED) is 0.732. The maximum Gasteiger partial charge on any atom is 0.265 e. The first kappa shape index (κ1) is 17.9. The molecule has 0 amide bonds. The van der Waals surface area contributed by atoms with Crippen LogP contribution in [-0.4, -0.2) is 64.3 Å². The topological polar surface area (TPSA) is 74.7 Å². The maximum atomic E-state index is 13.1. The van der Waals surface area contributed by atoms with Gasteiger partial charge in [-0.25, -0.2) is 0 Å². The number of likely N-dealkylation sites (N-methyl/N-ethyl adjacent to an activating group) is 1. The Bertz CT molecular complexity index is 958. The van der Waals surface area contributed by atoms with Crippen LogP contribution < -0.4 is 5.56 Å². The lowest BCUT2D eigenvalue weighted by molar-refractivity contribution is 0.0681. The van der Waals surface area contributed by atoms with E-state index in [1.807, 2.05) is 30.3 Å². The second-order valence-electron chi connectivity index (χ2n) is 7.02. The van der Waals surface area contributed by atoms with Gasteiger partial charge in [-0.05, 0) is 18.7 Å². The number of aliphatic hydroxyl groups excluding tert-OH is 1. The number of aromatic nitrogens is 2. The first-order chi connectivity index (χ1) is 13.2. The van der Waals surface area contributed by atoms with Crippen LogP contribution in [0.3, 0.4) is 0 Å². The minimum absolute atomic E-state index is 0.100. The van der Waals surface area contributed by atoms with Crippen molar-refractivity contribution in [3.05, 3.63) is 64.4 Å². The monoisotopic (exact) mass is 368 g/mol. The minimum Gasteiger partial charge on any atom is -0.446 e. The van der Waals surface area contributed by atoms with Crippen molar-refractivity contribution in [1.29, 1.82) is 0 Å². The highest BCUT2D eigenvalue weighted by Crippen LogP contribution is 2.22. The highest BCUT2D eigenvalue weighted by Gasteiger charge is 2.28. The summed E-state index contributed by atoms with van der Waals surface area (Å²) in [6.07, 6.45) is 1.49. The van der Waals surface area contributed by atoms with E-state index < -0.39 is 0 Å². The van der Waals surface area contributed by atoms with Crippen LogP contribution in [0.5, 0.6) is 0 Å². The third-order valence-corrected chi connectivity index (χ3v) is 5.25. The molecule has 0 spiro atoms. The van der Waals surface area contributed by atoms with Crippen LogP contribution in [-0.2, 0) is 6.54 Å². The fourth-order valence-corrected chi connectivity index (χ4v) is 3.63. The lowest BCUT2D eigenvalue weighted by atomic mass is 10.1. The van der Waals surface area contributed by atoms with E-state index in [-0.39, 0.29) is 18.2 Å². The first-order valence-corrected chi connectivity index (χ1v) is 9.22. The molecule has 1 saturated heterocycles. The maximum absolute atomic E-state index is 13.1. The normalized spacial score (nSPS) is 17.4. The molecule has 27 heavy (non-hydrogen) atoms. The molecule has 0 bridgehead atoms. The Morgan fingerprint density at radius 1 is 1.15 bits per heavy atom. The van der Waals surface area contributed by atoms with Gasteiger partial charge in [0.25, 0.3) is 5.56 Å². The molecule has 4 rings (SSSR count). The van der Waals surface area contributed by atoms with Gasteiger partial charge >= 0.3 is 0 Å². The molecule has 1 atom stereocenters. The largest absolute Gasteiger partial charge is 0.446 e. The summed E-state index contributed by atoms with van der Waals surface area (Å²) in [6.45, 7) is 3.79. The molecule has 1 fully saturated rings. The average molecular weight is 368 g/mol. The molecule has 0 radical (unpaired) electrons. The third-order valence-electron chi connectivity index (χ3n) is 5.25. The van der Waals surface area contributed by atoms with Crippen LogP contribution in [0.25, 0.3) is 11.1 Å². The van der Waals surface area contributed by atoms with E-state index in [9.17, 15) is 9.90 Å². The summed E-state index contributed by atoms with van der Waals surface area (Å²) in [5, 5.41) is 10.6. The van der Waals surface area contributed by atoms with Crippen LogP contribution >= 0.6 is 0 Å². The number of benzene rings is 1. The number of hydrogen-bond acceptors (Lipinski definition) is 6. The van der Waals surface area contributed by atoms with Gasteiger partial charge in [-0.3, -0.25) is 14.3 Å². The molecule has 7 nitrogen and oxygen atoms in total. The van der Waals surface area contributed by atoms with Crippen molar-refractivity contribution in [2.24, 2.45) is 0 Å². The summed E-state index contributed by atoms with van der Waals surface area (Å²) in [5.41, 5.74) is 1.20. The molecule has 1 unspecified atom stereocenters. The molecule has 0 saturated carbocycles. The molecule has 2 aromatic heterocycles. The second kappa shape index (κ2) is 7.64. The summed E-state index contributed by atoms with van der Waals surface area (Å²) >= 11 is 0. The smallest absolute Gasteiger partial charge is 0.265 e. The van der Waals surface area contributed by atoms with E-state index in [1.165, 1.54) is 6.26 Å². The zero-order chi connectivity index (χ0) is 18.8. The van der Waals surface area contributed by atoms with Crippen LogP contribution in [0.15, 0.2) is 51.9 Å². The number of piperazine rings is 1. The van der Waals surface area contributed by atoms with E-state index in [0.29, 0.717) is 23.5 Å². The van der Waals surface area contributed by atoms with E-state index in [1.54, 1.807) is 10.6 Å². The Labute approximate surface area is 157 Å². The fraction of sp³-hybridized carbons (Fsp3) is 0.400. The van der Waals surface area contributed by atoms with Gasteiger partial charge in [0.1, 0.15) is 11.2 Å². The lowest BCUT2D eigenvalue weighted by Crippen LogP contribution is -2.48. The number of nitrogens with zero attached hydrogens (tertiary/aromatic N) is 4. The number of rotatable bonds is 5. The molecule has 1 aliphatic rings. The van der Waals surface area contributed by atoms with Gasteiger partial charge in [-0.1, -0.05) is 30.3 Å². The number of furan rings is 1. The highest BCUT2D eigenvalue weighted by molar-refractivity contribution is 5.71. The van der Waals surface area contributed by atoms with Crippen LogP contribution in [0.4, 0.5) is 0 Å². The summed E-state index contributed by atoms with van der Waals surface area (Å²) < 4.78 is 7.08. The number of hydrogen-bond donors (Lipinski definition) is 1. The summed E-state index contributed by atoms with van der Waals surface area (Å²) in [4.78, 5) is 22.2. The van der Waals surface area contributed by atoms with Crippen LogP contribution in [0, 0.1) is 0 Å². The van der Waals surface area contributed by atoms with Crippen LogP contribution in [0.2, 0.25) is 0 Å². The predicted molar refractivity (Wildman–Crippen MR) is 103 cm³/mol. The van der Waals surface area contributed by atoms with Gasteiger partial charge in [0.15, 0.2) is 0 Å². The Morgan fingerprint density at radius 3 is 2.59 bits per heavy atom. The molecule has 1 aromatic carbocycles. The first-order valence-electron chi connectivity index (χ1n) is 9.22. The third kappa shape index (κ3) is 3.53. The Balaban J connectivity index is 1.79. The number of aliphatic hydroxyl groups is 1. The van der Waals surface area contributed by atoms with Gasteiger partial charge in [0.2, 0.25) is 5.71 Å². The van der Waals surface area contributed by atoms with Gasteiger partial charge in [0, 0.05) is 26.2 Å². The van der Waals surface area contributed by atoms with E-state index in [0.717, 1.165) is 31.7 Å². The van der Waals surface area contributed by atoms with Crippen molar-refractivity contribution in [3.8, 4) is 0 Å². The standard InChI is InChI=1S/C20H24N4O3/c1-22-8-10-23(11-9-22)17(14-25)18-21-19-16(7-12-27-19)20(26)24(18)13-15-5-3-2-4-6-15/h2-7,12,17,25H,8-11,13-14H2,1H3. The average Bonchev–Trinajstić information content (AvgIpc) is 3.16. The second-order valence-corrected chi connectivity index (χ2v) is 7.02. The van der Waals surface area contributed by atoms with Gasteiger partial charge in [0.05, 0.1) is 25.5 Å². The number of fused-ring (bicyclic) bond motifs is 1. The van der Waals surface area contributed by atoms with E-state index in [2.05, 4.69) is 21.8 Å². The van der Waals surface area contributed by atoms with Crippen molar-refractivity contribution >= 4 is 11.1 Å². The molecular weight excluding hydrogens is 344 g/mol. The molecule has 142 valence electrons. The molecular formula is C20H24N4O3. The Hall–Kier alpha value is -2.48. The Morgan fingerprint density at radius 2 is 1.89 bits per heavy atom. The zero-order valence-electron chi connectivity index (χ0n) is 15.4. The molecule has 1 N–H and O–H groups in total. The predicted octanol–water partition coefficient (Wildman–Crippen LogP) is 1.32. The van der Waals surface area contributed by atoms with Crippen molar-refractivity contribution in [2.45, 2.75) is 12.6 Å². The van der Waals surface area contributed by atoms with Gasteiger partial charge < -0.3 is 14.4 Å². The van der Waals surface area contributed by atoms with E-state index >= 15 is 0 Å². The van der Waals surface area contributed by atoms with Crippen LogP contribution in [0.1, 0.15) is 17.4 Å². The Kier molecular flexibility index (Phi) is 5.07.